The third-order valence-electron chi connectivity index (χ3n) is 19.7. The SMILES string of the molecule is CC/C=C\C/C=C\C/C=C\C/C=C\C/C=C\C/C=C\C/C=C\C/C=C\C/C=C\CCCCCCCCCCCCCC(=O)OC(COC(=O)CCCCCCCCCCCCCCCCCCCCCCCCCCCCCCC/C=C\CCCCCCCCCC)COC(OCC[N+](C)(C)C)C(=O)O. The first-order valence-corrected chi connectivity index (χ1v) is 44.7. The van der Waals surface area contributed by atoms with E-state index in [4.69, 9.17) is 18.9 Å². The van der Waals surface area contributed by atoms with Gasteiger partial charge in [-0.25, -0.2) is 4.79 Å². The van der Waals surface area contributed by atoms with E-state index in [1.165, 1.54) is 276 Å². The van der Waals surface area contributed by atoms with Crippen LogP contribution in [0.15, 0.2) is 122 Å². The number of esters is 2. The Morgan fingerprint density at radius 2 is 0.543 bits per heavy atom. The van der Waals surface area contributed by atoms with Crippen LogP contribution in [0.25, 0.3) is 0 Å². The number of likely N-dealkylation sites (N-methyl/N-ethyl adjacent to an activating group) is 1. The lowest BCUT2D eigenvalue weighted by molar-refractivity contribution is -0.870. The highest BCUT2D eigenvalue weighted by molar-refractivity contribution is 5.71. The number of nitrogens with zero attached hydrogens (tertiary/aromatic N) is 1. The molecule has 9 nitrogen and oxygen atoms in total. The van der Waals surface area contributed by atoms with Crippen molar-refractivity contribution in [3.63, 3.8) is 0 Å². The molecule has 0 aromatic carbocycles. The molecule has 1 N–H and O–H groups in total. The number of carbonyl (C=O) groups excluding carboxylic acids is 2. The van der Waals surface area contributed by atoms with Gasteiger partial charge in [0, 0.05) is 12.8 Å². The number of carboxylic acids is 1. The van der Waals surface area contributed by atoms with Crippen molar-refractivity contribution >= 4 is 17.9 Å². The van der Waals surface area contributed by atoms with Crippen LogP contribution < -0.4 is 0 Å². The Kier molecular flexibility index (Phi) is 81.8. The second kappa shape index (κ2) is 85.3. The summed E-state index contributed by atoms with van der Waals surface area (Å²) in [7, 11) is 5.99. The van der Waals surface area contributed by atoms with Gasteiger partial charge in [0.1, 0.15) is 13.2 Å². The average molecular weight is 1470 g/mol. The Morgan fingerprint density at radius 1 is 0.295 bits per heavy atom. The minimum Gasteiger partial charge on any atom is -0.477 e. The van der Waals surface area contributed by atoms with Crippen molar-refractivity contribution in [2.75, 3.05) is 47.5 Å². The largest absolute Gasteiger partial charge is 0.477 e. The van der Waals surface area contributed by atoms with Gasteiger partial charge in [-0.1, -0.05) is 411 Å². The highest BCUT2D eigenvalue weighted by Gasteiger charge is 2.25. The van der Waals surface area contributed by atoms with Crippen LogP contribution in [-0.4, -0.2) is 87.4 Å². The molecule has 0 bridgehead atoms. The monoisotopic (exact) mass is 1470 g/mol. The maximum absolute atomic E-state index is 13.0. The second-order valence-corrected chi connectivity index (χ2v) is 31.2. The van der Waals surface area contributed by atoms with Crippen molar-refractivity contribution in [3.05, 3.63) is 122 Å². The van der Waals surface area contributed by atoms with Gasteiger partial charge in [0.15, 0.2) is 6.10 Å². The molecular formula is C96H170NO8+. The van der Waals surface area contributed by atoms with Crippen molar-refractivity contribution < 1.29 is 42.9 Å². The van der Waals surface area contributed by atoms with E-state index in [1.54, 1.807) is 0 Å². The molecule has 0 fully saturated rings. The predicted molar refractivity (Wildman–Crippen MR) is 456 cm³/mol. The van der Waals surface area contributed by atoms with E-state index in [-0.39, 0.29) is 32.2 Å². The number of carboxylic acid groups (broad SMARTS) is 1. The number of rotatable bonds is 83. The van der Waals surface area contributed by atoms with Gasteiger partial charge in [-0.3, -0.25) is 9.59 Å². The van der Waals surface area contributed by atoms with Crippen LogP contribution in [0.1, 0.15) is 412 Å². The topological polar surface area (TPSA) is 108 Å². The highest BCUT2D eigenvalue weighted by atomic mass is 16.7. The van der Waals surface area contributed by atoms with E-state index in [0.717, 1.165) is 103 Å². The molecule has 0 saturated heterocycles. The van der Waals surface area contributed by atoms with Gasteiger partial charge < -0.3 is 28.5 Å². The maximum atomic E-state index is 13.0. The predicted octanol–water partition coefficient (Wildman–Crippen LogP) is 29.4. The zero-order chi connectivity index (χ0) is 76.0. The van der Waals surface area contributed by atoms with E-state index in [9.17, 15) is 19.5 Å². The summed E-state index contributed by atoms with van der Waals surface area (Å²) in [6.07, 6.45) is 120. The highest BCUT2D eigenvalue weighted by Crippen LogP contribution is 2.20. The lowest BCUT2D eigenvalue weighted by Crippen LogP contribution is -2.40. The molecule has 0 aliphatic rings. The van der Waals surface area contributed by atoms with Crippen LogP contribution in [0, 0.1) is 0 Å². The maximum Gasteiger partial charge on any atom is 0.361 e. The molecule has 105 heavy (non-hydrogen) atoms. The standard InChI is InChI=1S/C96H169NO8/c1-6-8-10-12-14-16-18-20-22-24-26-28-30-32-34-36-38-40-42-44-46-47-49-50-52-54-56-58-60-62-64-66-68-70-72-74-76-78-80-82-84-86-93(98)103-90-92(91-104-96(95(100)101)102-89-88-97(3,4)5)105-94(99)87-85-83-81-79-77-75-73-71-69-67-65-63-61-59-57-55-53-51-48-45-43-41-39-37-35-33-31-29-27-25-23-21-19-17-15-13-11-9-7-2/h9,11,15,17,21,23-24,26-27,29,33,35,39,41,45,48,53,55,59,61,92,96H,6-8,10,12-14,16,18-20,22,25,28,30-32,34,36-38,40,42-44,46-47,49-52,54,56-58,60,62-91H2,1-5H3/p+1/b11-9-,17-15-,23-21-,26-24-,29-27-,35-33-,41-39-,48-45-,55-53-,61-59-. The minimum atomic E-state index is -1.52. The fourth-order valence-corrected chi connectivity index (χ4v) is 12.9. The van der Waals surface area contributed by atoms with Gasteiger partial charge in [0.2, 0.25) is 0 Å². The summed E-state index contributed by atoms with van der Waals surface area (Å²) in [6.45, 7) is 4.81. The Hall–Kier alpha value is -4.31. The summed E-state index contributed by atoms with van der Waals surface area (Å²) in [5.74, 6) is -1.99. The number of ether oxygens (including phenoxy) is 4. The Labute approximate surface area is 650 Å². The molecule has 0 aliphatic heterocycles. The number of quaternary nitrogens is 1. The first-order valence-electron chi connectivity index (χ1n) is 44.7. The van der Waals surface area contributed by atoms with Crippen LogP contribution in [-0.2, 0) is 33.3 Å². The molecule has 2 atom stereocenters. The van der Waals surface area contributed by atoms with Gasteiger partial charge in [0.25, 0.3) is 6.29 Å². The number of hydrogen-bond acceptors (Lipinski definition) is 7. The molecule has 606 valence electrons. The van der Waals surface area contributed by atoms with E-state index < -0.39 is 24.3 Å². The smallest absolute Gasteiger partial charge is 0.361 e. The molecule has 0 amide bonds. The summed E-state index contributed by atoms with van der Waals surface area (Å²) in [4.78, 5) is 37.8. The lowest BCUT2D eigenvalue weighted by Gasteiger charge is -2.25. The van der Waals surface area contributed by atoms with Crippen molar-refractivity contribution in [3.8, 4) is 0 Å². The molecule has 0 rings (SSSR count). The molecule has 0 heterocycles. The fraction of sp³-hybridized carbons (Fsp3) is 0.760. The van der Waals surface area contributed by atoms with E-state index in [2.05, 4.69) is 135 Å². The van der Waals surface area contributed by atoms with Crippen LogP contribution in [0.5, 0.6) is 0 Å². The number of unbranched alkanes of at least 4 members (excludes halogenated alkanes) is 48. The van der Waals surface area contributed by atoms with Gasteiger partial charge in [-0.15, -0.1) is 0 Å². The summed E-state index contributed by atoms with van der Waals surface area (Å²) in [5, 5.41) is 9.79. The minimum absolute atomic E-state index is 0.184. The van der Waals surface area contributed by atoms with Crippen LogP contribution in [0.3, 0.4) is 0 Å². The van der Waals surface area contributed by atoms with Gasteiger partial charge in [-0.2, -0.15) is 0 Å². The average Bonchev–Trinajstić information content (AvgIpc) is 1.97. The van der Waals surface area contributed by atoms with Crippen molar-refractivity contribution in [1.29, 1.82) is 0 Å². The number of aliphatic carboxylic acids is 1. The third-order valence-corrected chi connectivity index (χ3v) is 19.7. The van der Waals surface area contributed by atoms with E-state index in [1.807, 2.05) is 21.1 Å². The second-order valence-electron chi connectivity index (χ2n) is 31.2. The van der Waals surface area contributed by atoms with Crippen LogP contribution >= 0.6 is 0 Å². The molecule has 0 aliphatic carbocycles. The molecular weight excluding hydrogens is 1300 g/mol. The first kappa shape index (κ1) is 101. The summed E-state index contributed by atoms with van der Waals surface area (Å²) < 4.78 is 23.1. The molecule has 0 aromatic rings. The zero-order valence-electron chi connectivity index (χ0n) is 69.6. The molecule has 0 spiro atoms. The quantitative estimate of drug-likeness (QED) is 0.0211. The van der Waals surface area contributed by atoms with Crippen molar-refractivity contribution in [1.82, 2.24) is 0 Å². The number of carbonyl (C=O) groups is 3. The zero-order valence-corrected chi connectivity index (χ0v) is 69.6. The van der Waals surface area contributed by atoms with Gasteiger partial charge in [0.05, 0.1) is 34.4 Å². The van der Waals surface area contributed by atoms with Gasteiger partial charge in [-0.05, 0) is 109 Å². The summed E-state index contributed by atoms with van der Waals surface area (Å²) >= 11 is 0. The van der Waals surface area contributed by atoms with E-state index in [0.29, 0.717) is 23.9 Å². The normalized spacial score (nSPS) is 13.2. The van der Waals surface area contributed by atoms with Crippen LogP contribution in [0.4, 0.5) is 0 Å². The van der Waals surface area contributed by atoms with Crippen LogP contribution in [0.2, 0.25) is 0 Å². The van der Waals surface area contributed by atoms with Crippen molar-refractivity contribution in [2.45, 2.75) is 424 Å². The summed E-state index contributed by atoms with van der Waals surface area (Å²) in [5.41, 5.74) is 0. The Balaban J connectivity index is 3.97. The Morgan fingerprint density at radius 3 is 0.819 bits per heavy atom. The first-order chi connectivity index (χ1) is 51.6. The third kappa shape index (κ3) is 86.8. The molecule has 0 saturated carbocycles. The number of allylic oxidation sites excluding steroid dienone is 20. The fourth-order valence-electron chi connectivity index (χ4n) is 12.9. The molecule has 2 unspecified atom stereocenters. The van der Waals surface area contributed by atoms with E-state index >= 15 is 0 Å². The van der Waals surface area contributed by atoms with Crippen molar-refractivity contribution in [2.24, 2.45) is 0 Å². The number of hydrogen-bond donors (Lipinski definition) is 1. The summed E-state index contributed by atoms with van der Waals surface area (Å²) in [6, 6.07) is 0. The Bertz CT molecular complexity index is 2160. The lowest BCUT2D eigenvalue weighted by atomic mass is 10.0. The van der Waals surface area contributed by atoms with Gasteiger partial charge >= 0.3 is 17.9 Å². The molecule has 0 radical (unpaired) electrons. The molecule has 0 aromatic heterocycles. The molecule has 9 heteroatoms.